The Kier molecular flexibility index (Phi) is 5.90. The molecule has 1 aliphatic rings. The lowest BCUT2D eigenvalue weighted by Gasteiger charge is -2.30. The number of piperidine rings is 1. The maximum Gasteiger partial charge on any atom is 0.294 e. The average Bonchev–Trinajstić information content (AvgIpc) is 3.14. The predicted molar refractivity (Wildman–Crippen MR) is 117 cm³/mol. The highest BCUT2D eigenvalue weighted by Crippen LogP contribution is 2.32. The summed E-state index contributed by atoms with van der Waals surface area (Å²) in [6.45, 7) is 2.60. The lowest BCUT2D eigenvalue weighted by molar-refractivity contribution is -0.132. The number of aromatic nitrogens is 1. The van der Waals surface area contributed by atoms with Gasteiger partial charge in [0, 0.05) is 37.5 Å². The van der Waals surface area contributed by atoms with Crippen LogP contribution in [-0.4, -0.2) is 40.7 Å². The van der Waals surface area contributed by atoms with Gasteiger partial charge in [-0.3, -0.25) is 14.4 Å². The number of benzene rings is 1. The van der Waals surface area contributed by atoms with Crippen LogP contribution in [-0.2, 0) is 9.59 Å². The first kappa shape index (κ1) is 20.9. The summed E-state index contributed by atoms with van der Waals surface area (Å²) < 4.78 is 5.76. The van der Waals surface area contributed by atoms with E-state index in [1.165, 1.54) is 13.1 Å². The van der Waals surface area contributed by atoms with Crippen LogP contribution in [0.5, 0.6) is 0 Å². The zero-order valence-electron chi connectivity index (χ0n) is 16.9. The Hall–Kier alpha value is -3.39. The first-order valence-corrected chi connectivity index (χ1v) is 10.3. The molecule has 1 aromatic carbocycles. The third-order valence-electron chi connectivity index (χ3n) is 5.33. The average molecular weight is 441 g/mol. The zero-order valence-corrected chi connectivity index (χ0v) is 17.6. The largest absolute Gasteiger partial charge is 0.449 e. The molecule has 9 heteroatoms. The normalized spacial score (nSPS) is 14.5. The number of furan rings is 1. The quantitative estimate of drug-likeness (QED) is 0.639. The number of carbonyl (C=O) groups is 3. The van der Waals surface area contributed by atoms with E-state index < -0.39 is 5.91 Å². The molecule has 0 atom stereocenters. The summed E-state index contributed by atoms with van der Waals surface area (Å²) in [7, 11) is 0. The number of halogens is 1. The molecule has 1 fully saturated rings. The Morgan fingerprint density at radius 3 is 2.52 bits per heavy atom. The smallest absolute Gasteiger partial charge is 0.294 e. The molecule has 1 aliphatic heterocycles. The molecule has 0 spiro atoms. The molecule has 2 N–H and O–H groups in total. The Bertz CT molecular complexity index is 1130. The summed E-state index contributed by atoms with van der Waals surface area (Å²) in [6, 6.07) is 10.3. The fourth-order valence-corrected chi connectivity index (χ4v) is 3.75. The highest BCUT2D eigenvalue weighted by molar-refractivity contribution is 6.30. The van der Waals surface area contributed by atoms with Crippen LogP contribution in [0.15, 0.2) is 47.0 Å². The van der Waals surface area contributed by atoms with Crippen LogP contribution >= 0.6 is 11.6 Å². The number of hydrogen-bond acceptors (Lipinski definition) is 5. The van der Waals surface area contributed by atoms with Gasteiger partial charge in [0.05, 0.1) is 5.02 Å². The Balaban J connectivity index is 1.56. The molecular formula is C22H21ClN4O4. The van der Waals surface area contributed by atoms with E-state index in [0.717, 1.165) is 0 Å². The summed E-state index contributed by atoms with van der Waals surface area (Å²) in [4.78, 5) is 43.1. The van der Waals surface area contributed by atoms with Gasteiger partial charge in [-0.05, 0) is 37.1 Å². The van der Waals surface area contributed by atoms with Crippen LogP contribution in [0.2, 0.25) is 5.02 Å². The van der Waals surface area contributed by atoms with Gasteiger partial charge >= 0.3 is 0 Å². The maximum absolute atomic E-state index is 12.9. The fraction of sp³-hybridized carbons (Fsp3) is 0.273. The van der Waals surface area contributed by atoms with Gasteiger partial charge in [-0.2, -0.15) is 0 Å². The van der Waals surface area contributed by atoms with Gasteiger partial charge in [0.25, 0.3) is 5.91 Å². The van der Waals surface area contributed by atoms with Gasteiger partial charge in [0.2, 0.25) is 17.6 Å². The van der Waals surface area contributed by atoms with Crippen molar-refractivity contribution in [3.05, 3.63) is 53.4 Å². The molecule has 4 rings (SSSR count). The molecule has 1 saturated heterocycles. The van der Waals surface area contributed by atoms with Crippen molar-refractivity contribution in [3.63, 3.8) is 0 Å². The molecule has 0 radical (unpaired) electrons. The third-order valence-corrected chi connectivity index (χ3v) is 5.55. The summed E-state index contributed by atoms with van der Waals surface area (Å²) in [6.07, 6.45) is 2.56. The van der Waals surface area contributed by atoms with Crippen molar-refractivity contribution in [1.29, 1.82) is 0 Å². The maximum atomic E-state index is 12.9. The van der Waals surface area contributed by atoms with Crippen molar-refractivity contribution in [2.24, 2.45) is 5.92 Å². The standard InChI is InChI=1S/C22H21ClN4O4/c1-13(28)27-10-8-14(9-11-27)21(29)26-19-16-4-2-3-5-17(16)31-20(19)22(30)25-18-7-6-15(23)12-24-18/h2-7,12,14H,8-11H2,1H3,(H,26,29)(H,24,25,30). The first-order valence-electron chi connectivity index (χ1n) is 9.93. The van der Waals surface area contributed by atoms with Gasteiger partial charge in [-0.1, -0.05) is 23.7 Å². The summed E-state index contributed by atoms with van der Waals surface area (Å²) >= 11 is 5.84. The van der Waals surface area contributed by atoms with Crippen molar-refractivity contribution < 1.29 is 18.8 Å². The van der Waals surface area contributed by atoms with Crippen LogP contribution in [0.3, 0.4) is 0 Å². The number of nitrogens with zero attached hydrogens (tertiary/aromatic N) is 2. The second-order valence-corrected chi connectivity index (χ2v) is 7.82. The Labute approximate surface area is 183 Å². The lowest BCUT2D eigenvalue weighted by atomic mass is 9.95. The molecule has 3 amide bonds. The van der Waals surface area contributed by atoms with Gasteiger partial charge in [-0.25, -0.2) is 4.98 Å². The number of anilines is 2. The molecule has 3 heterocycles. The summed E-state index contributed by atoms with van der Waals surface area (Å²) in [5.74, 6) is -0.676. The SMILES string of the molecule is CC(=O)N1CCC(C(=O)Nc2c(C(=O)Nc3ccc(Cl)cn3)oc3ccccc23)CC1. The molecule has 8 nitrogen and oxygen atoms in total. The van der Waals surface area contributed by atoms with E-state index in [4.69, 9.17) is 16.0 Å². The van der Waals surface area contributed by atoms with Crippen LogP contribution in [0.1, 0.15) is 30.3 Å². The lowest BCUT2D eigenvalue weighted by Crippen LogP contribution is -2.40. The minimum absolute atomic E-state index is 0.00697. The van der Waals surface area contributed by atoms with Gasteiger partial charge in [0.15, 0.2) is 0 Å². The highest BCUT2D eigenvalue weighted by Gasteiger charge is 2.29. The van der Waals surface area contributed by atoms with Crippen molar-refractivity contribution in [2.75, 3.05) is 23.7 Å². The second kappa shape index (κ2) is 8.77. The van der Waals surface area contributed by atoms with Crippen molar-refractivity contribution in [1.82, 2.24) is 9.88 Å². The van der Waals surface area contributed by atoms with Crippen LogP contribution in [0.25, 0.3) is 11.0 Å². The third kappa shape index (κ3) is 4.54. The van der Waals surface area contributed by atoms with E-state index in [9.17, 15) is 14.4 Å². The Morgan fingerprint density at radius 1 is 1.10 bits per heavy atom. The van der Waals surface area contributed by atoms with Crippen molar-refractivity contribution in [2.45, 2.75) is 19.8 Å². The van der Waals surface area contributed by atoms with E-state index >= 15 is 0 Å². The van der Waals surface area contributed by atoms with Crippen LogP contribution in [0, 0.1) is 5.92 Å². The number of hydrogen-bond donors (Lipinski definition) is 2. The first-order chi connectivity index (χ1) is 14.9. The topological polar surface area (TPSA) is 105 Å². The number of amides is 3. The molecule has 0 bridgehead atoms. The van der Waals surface area contributed by atoms with Crippen molar-refractivity contribution >= 4 is 51.8 Å². The minimum Gasteiger partial charge on any atom is -0.449 e. The number of rotatable bonds is 4. The van der Waals surface area contributed by atoms with Gasteiger partial charge < -0.3 is 20.0 Å². The fourth-order valence-electron chi connectivity index (χ4n) is 3.63. The second-order valence-electron chi connectivity index (χ2n) is 7.39. The van der Waals surface area contributed by atoms with Gasteiger partial charge in [-0.15, -0.1) is 0 Å². The molecule has 0 saturated carbocycles. The molecule has 0 unspecified atom stereocenters. The molecular weight excluding hydrogens is 420 g/mol. The zero-order chi connectivity index (χ0) is 22.0. The molecule has 3 aromatic rings. The number of carbonyl (C=O) groups excluding carboxylic acids is 3. The number of likely N-dealkylation sites (tertiary alicyclic amines) is 1. The van der Waals surface area contributed by atoms with E-state index in [1.54, 1.807) is 41.3 Å². The molecule has 2 aromatic heterocycles. The molecule has 160 valence electrons. The Morgan fingerprint density at radius 2 is 1.84 bits per heavy atom. The van der Waals surface area contributed by atoms with Crippen LogP contribution in [0.4, 0.5) is 11.5 Å². The van der Waals surface area contributed by atoms with E-state index in [0.29, 0.717) is 53.4 Å². The van der Waals surface area contributed by atoms with E-state index in [1.807, 2.05) is 0 Å². The monoisotopic (exact) mass is 440 g/mol. The minimum atomic E-state index is -0.535. The number of para-hydroxylation sites is 1. The molecule has 31 heavy (non-hydrogen) atoms. The number of nitrogens with one attached hydrogen (secondary N) is 2. The van der Waals surface area contributed by atoms with Crippen molar-refractivity contribution in [3.8, 4) is 0 Å². The van der Waals surface area contributed by atoms with Gasteiger partial charge in [0.1, 0.15) is 17.1 Å². The molecule has 0 aliphatic carbocycles. The van der Waals surface area contributed by atoms with Crippen LogP contribution < -0.4 is 10.6 Å². The van der Waals surface area contributed by atoms with E-state index in [2.05, 4.69) is 15.6 Å². The number of fused-ring (bicyclic) bond motifs is 1. The highest BCUT2D eigenvalue weighted by atomic mass is 35.5. The summed E-state index contributed by atoms with van der Waals surface area (Å²) in [5, 5.41) is 6.62. The summed E-state index contributed by atoms with van der Waals surface area (Å²) in [5.41, 5.74) is 0.805. The van der Waals surface area contributed by atoms with E-state index in [-0.39, 0.29) is 23.5 Å². The number of pyridine rings is 1. The predicted octanol–water partition coefficient (Wildman–Crippen LogP) is 3.93.